The van der Waals surface area contributed by atoms with Crippen molar-refractivity contribution in [3.05, 3.63) is 0 Å². The van der Waals surface area contributed by atoms with Crippen molar-refractivity contribution < 1.29 is 4.74 Å². The number of likely N-dealkylation sites (N-methyl/N-ethyl adjacent to an activating group) is 1. The molecule has 3 fully saturated rings. The molecule has 0 aliphatic heterocycles. The maximum absolute atomic E-state index is 9.69. The van der Waals surface area contributed by atoms with Crippen molar-refractivity contribution in [1.29, 1.82) is 5.26 Å². The molecule has 3 aliphatic rings. The standard InChI is InChI=1S/C16H27N3O/c1-19(8-9-20-10-13-2-3-13)12-16(11-17,14-4-5-14)18-15-6-7-15/h13-15,18H,2-10,12H2,1H3. The van der Waals surface area contributed by atoms with Crippen LogP contribution in [0.1, 0.15) is 38.5 Å². The average molecular weight is 277 g/mol. The molecule has 4 nitrogen and oxygen atoms in total. The summed E-state index contributed by atoms with van der Waals surface area (Å²) in [4.78, 5) is 2.27. The molecule has 0 aromatic carbocycles. The summed E-state index contributed by atoms with van der Waals surface area (Å²) in [5, 5.41) is 13.3. The summed E-state index contributed by atoms with van der Waals surface area (Å²) in [6.07, 6.45) is 7.59. The second kappa shape index (κ2) is 6.01. The topological polar surface area (TPSA) is 48.3 Å². The number of nitrogens with one attached hydrogen (secondary N) is 1. The van der Waals surface area contributed by atoms with Gasteiger partial charge in [0.1, 0.15) is 5.54 Å². The smallest absolute Gasteiger partial charge is 0.122 e. The lowest BCUT2D eigenvalue weighted by atomic mass is 9.94. The van der Waals surface area contributed by atoms with Gasteiger partial charge in [-0.25, -0.2) is 0 Å². The molecule has 4 heteroatoms. The van der Waals surface area contributed by atoms with Gasteiger partial charge >= 0.3 is 0 Å². The summed E-state index contributed by atoms with van der Waals surface area (Å²) in [6, 6.07) is 3.20. The lowest BCUT2D eigenvalue weighted by Crippen LogP contribution is -2.55. The Bertz CT molecular complexity index is 368. The van der Waals surface area contributed by atoms with Gasteiger partial charge in [-0.1, -0.05) is 0 Å². The fourth-order valence-electron chi connectivity index (χ4n) is 2.88. The molecule has 0 radical (unpaired) electrons. The fourth-order valence-corrected chi connectivity index (χ4v) is 2.88. The molecule has 3 saturated carbocycles. The molecule has 0 saturated heterocycles. The number of nitrogens with zero attached hydrogens (tertiary/aromatic N) is 2. The van der Waals surface area contributed by atoms with Crippen LogP contribution in [0.25, 0.3) is 0 Å². The first kappa shape index (κ1) is 14.3. The molecule has 0 spiro atoms. The molecule has 112 valence electrons. The second-order valence-electron chi connectivity index (χ2n) is 7.03. The zero-order chi connectivity index (χ0) is 14.0. The van der Waals surface area contributed by atoms with Crippen LogP contribution in [0, 0.1) is 23.2 Å². The van der Waals surface area contributed by atoms with Crippen molar-refractivity contribution in [2.75, 3.05) is 33.4 Å². The minimum Gasteiger partial charge on any atom is -0.380 e. The highest BCUT2D eigenvalue weighted by molar-refractivity contribution is 5.18. The lowest BCUT2D eigenvalue weighted by molar-refractivity contribution is 0.0956. The van der Waals surface area contributed by atoms with Crippen LogP contribution < -0.4 is 5.32 Å². The third-order valence-electron chi connectivity index (χ3n) is 4.70. The Kier molecular flexibility index (Phi) is 4.30. The third-order valence-corrected chi connectivity index (χ3v) is 4.70. The van der Waals surface area contributed by atoms with E-state index in [1.54, 1.807) is 0 Å². The average Bonchev–Trinajstić information content (AvgIpc) is 3.29. The molecule has 0 heterocycles. The molecule has 0 aromatic heterocycles. The summed E-state index contributed by atoms with van der Waals surface area (Å²) in [5.41, 5.74) is -0.313. The molecule has 3 aliphatic carbocycles. The largest absolute Gasteiger partial charge is 0.380 e. The summed E-state index contributed by atoms with van der Waals surface area (Å²) in [7, 11) is 2.11. The first-order chi connectivity index (χ1) is 9.72. The Balaban J connectivity index is 1.43. The Morgan fingerprint density at radius 1 is 1.25 bits per heavy atom. The zero-order valence-electron chi connectivity index (χ0n) is 12.6. The van der Waals surface area contributed by atoms with Crippen molar-refractivity contribution in [3.8, 4) is 6.07 Å². The van der Waals surface area contributed by atoms with Crippen LogP contribution >= 0.6 is 0 Å². The molecule has 0 amide bonds. The van der Waals surface area contributed by atoms with E-state index in [1.807, 2.05) is 0 Å². The Morgan fingerprint density at radius 3 is 2.55 bits per heavy atom. The van der Waals surface area contributed by atoms with Crippen LogP contribution in [0.5, 0.6) is 0 Å². The van der Waals surface area contributed by atoms with Gasteiger partial charge in [-0.05, 0) is 57.4 Å². The maximum Gasteiger partial charge on any atom is 0.122 e. The molecular weight excluding hydrogens is 250 g/mol. The summed E-state index contributed by atoms with van der Waals surface area (Å²) >= 11 is 0. The van der Waals surface area contributed by atoms with E-state index in [1.165, 1.54) is 38.5 Å². The van der Waals surface area contributed by atoms with E-state index in [0.29, 0.717) is 12.0 Å². The van der Waals surface area contributed by atoms with Crippen LogP contribution in [0.2, 0.25) is 0 Å². The van der Waals surface area contributed by atoms with Crippen LogP contribution in [0.4, 0.5) is 0 Å². The molecule has 3 rings (SSSR count). The van der Waals surface area contributed by atoms with E-state index in [-0.39, 0.29) is 5.54 Å². The fraction of sp³-hybridized carbons (Fsp3) is 0.938. The van der Waals surface area contributed by atoms with Gasteiger partial charge in [-0.3, -0.25) is 5.32 Å². The number of hydrogen-bond acceptors (Lipinski definition) is 4. The van der Waals surface area contributed by atoms with Crippen molar-refractivity contribution in [2.45, 2.75) is 50.1 Å². The van der Waals surface area contributed by atoms with Crippen molar-refractivity contribution in [3.63, 3.8) is 0 Å². The summed E-state index contributed by atoms with van der Waals surface area (Å²) in [6.45, 7) is 3.48. The lowest BCUT2D eigenvalue weighted by Gasteiger charge is -2.32. The predicted molar refractivity (Wildman–Crippen MR) is 78.3 cm³/mol. The van der Waals surface area contributed by atoms with E-state index in [2.05, 4.69) is 23.3 Å². The highest BCUT2D eigenvalue weighted by atomic mass is 16.5. The third kappa shape index (κ3) is 3.94. The first-order valence-corrected chi connectivity index (χ1v) is 8.17. The predicted octanol–water partition coefficient (Wildman–Crippen LogP) is 1.77. The van der Waals surface area contributed by atoms with Gasteiger partial charge < -0.3 is 9.64 Å². The second-order valence-corrected chi connectivity index (χ2v) is 7.03. The minimum atomic E-state index is -0.313. The van der Waals surface area contributed by atoms with Gasteiger partial charge in [0, 0.05) is 25.7 Å². The highest BCUT2D eigenvalue weighted by Crippen LogP contribution is 2.41. The van der Waals surface area contributed by atoms with E-state index >= 15 is 0 Å². The van der Waals surface area contributed by atoms with E-state index in [0.717, 1.165) is 32.2 Å². The Labute approximate surface area is 122 Å². The van der Waals surface area contributed by atoms with Gasteiger partial charge in [0.2, 0.25) is 0 Å². The molecule has 20 heavy (non-hydrogen) atoms. The molecule has 1 atom stereocenters. The van der Waals surface area contributed by atoms with Gasteiger partial charge in [-0.15, -0.1) is 0 Å². The number of ether oxygens (including phenoxy) is 1. The van der Waals surface area contributed by atoms with Gasteiger partial charge in [0.25, 0.3) is 0 Å². The van der Waals surface area contributed by atoms with Gasteiger partial charge in [0.05, 0.1) is 12.7 Å². The Morgan fingerprint density at radius 2 is 2.00 bits per heavy atom. The van der Waals surface area contributed by atoms with E-state index < -0.39 is 0 Å². The molecular formula is C16H27N3O. The molecule has 0 aromatic rings. The Hall–Kier alpha value is -0.630. The van der Waals surface area contributed by atoms with Crippen molar-refractivity contribution >= 4 is 0 Å². The zero-order valence-corrected chi connectivity index (χ0v) is 12.6. The van der Waals surface area contributed by atoms with Gasteiger partial charge in [-0.2, -0.15) is 5.26 Å². The summed E-state index contributed by atoms with van der Waals surface area (Å²) < 4.78 is 5.70. The summed E-state index contributed by atoms with van der Waals surface area (Å²) in [5.74, 6) is 1.39. The van der Waals surface area contributed by atoms with Gasteiger partial charge in [0.15, 0.2) is 0 Å². The van der Waals surface area contributed by atoms with Crippen LogP contribution in [-0.4, -0.2) is 49.8 Å². The van der Waals surface area contributed by atoms with Crippen LogP contribution in [0.3, 0.4) is 0 Å². The minimum absolute atomic E-state index is 0.313. The monoisotopic (exact) mass is 277 g/mol. The van der Waals surface area contributed by atoms with Crippen LogP contribution in [-0.2, 0) is 4.74 Å². The number of hydrogen-bond donors (Lipinski definition) is 1. The first-order valence-electron chi connectivity index (χ1n) is 8.17. The number of rotatable bonds is 10. The highest BCUT2D eigenvalue weighted by Gasteiger charge is 2.48. The maximum atomic E-state index is 9.69. The van der Waals surface area contributed by atoms with E-state index in [4.69, 9.17) is 4.74 Å². The van der Waals surface area contributed by atoms with Crippen LogP contribution in [0.15, 0.2) is 0 Å². The van der Waals surface area contributed by atoms with E-state index in [9.17, 15) is 5.26 Å². The normalized spacial score (nSPS) is 25.4. The quantitative estimate of drug-likeness (QED) is 0.618. The van der Waals surface area contributed by atoms with Crippen molar-refractivity contribution in [2.24, 2.45) is 11.8 Å². The van der Waals surface area contributed by atoms with Crippen molar-refractivity contribution in [1.82, 2.24) is 10.2 Å². The molecule has 1 unspecified atom stereocenters. The number of nitriles is 1. The molecule has 1 N–H and O–H groups in total. The SMILES string of the molecule is CN(CCOCC1CC1)CC(C#N)(NC1CC1)C1CC1. The molecule has 0 bridgehead atoms.